The van der Waals surface area contributed by atoms with Crippen LogP contribution in [0.1, 0.15) is 114 Å². The zero-order valence-corrected chi connectivity index (χ0v) is 21.1. The molecule has 0 aromatic heterocycles. The molecular weight excluding hydrogens is 392 g/mol. The molecule has 3 unspecified atom stereocenters. The first kappa shape index (κ1) is 23.4. The van der Waals surface area contributed by atoms with Gasteiger partial charge in [-0.1, -0.05) is 71.4 Å². The van der Waals surface area contributed by atoms with E-state index in [0.717, 1.165) is 17.5 Å². The van der Waals surface area contributed by atoms with Gasteiger partial charge in [-0.15, -0.1) is 0 Å². The van der Waals surface area contributed by atoms with Crippen molar-refractivity contribution in [1.82, 2.24) is 0 Å². The second-order valence-electron chi connectivity index (χ2n) is 12.4. The van der Waals surface area contributed by atoms with Gasteiger partial charge in [0.05, 0.1) is 5.60 Å². The number of hydrogen-bond donors (Lipinski definition) is 2. The van der Waals surface area contributed by atoms with Gasteiger partial charge in [-0.05, 0) is 102 Å². The van der Waals surface area contributed by atoms with Crippen LogP contribution < -0.4 is 0 Å². The molecule has 2 aliphatic carbocycles. The molecule has 0 saturated heterocycles. The summed E-state index contributed by atoms with van der Waals surface area (Å²) in [7, 11) is 0. The molecule has 1 fully saturated rings. The predicted octanol–water partition coefficient (Wildman–Crippen LogP) is 7.56. The topological polar surface area (TPSA) is 40.5 Å². The maximum Gasteiger partial charge on any atom is 0.119 e. The van der Waals surface area contributed by atoms with Gasteiger partial charge in [-0.2, -0.15) is 0 Å². The predicted molar refractivity (Wildman–Crippen MR) is 133 cm³/mol. The molecule has 0 heterocycles. The van der Waals surface area contributed by atoms with Gasteiger partial charge in [-0.3, -0.25) is 0 Å². The molecule has 0 aliphatic heterocycles. The summed E-state index contributed by atoms with van der Waals surface area (Å²) in [5, 5.41) is 21.3. The van der Waals surface area contributed by atoms with Crippen LogP contribution in [0.5, 0.6) is 5.75 Å². The van der Waals surface area contributed by atoms with Crippen LogP contribution in [0.4, 0.5) is 0 Å². The van der Waals surface area contributed by atoms with Crippen molar-refractivity contribution >= 4 is 0 Å². The van der Waals surface area contributed by atoms with Crippen molar-refractivity contribution in [3.63, 3.8) is 0 Å². The Balaban J connectivity index is 1.79. The minimum Gasteiger partial charge on any atom is -0.508 e. The summed E-state index contributed by atoms with van der Waals surface area (Å²) in [6.45, 7) is 15.4. The van der Waals surface area contributed by atoms with Crippen LogP contribution in [-0.4, -0.2) is 10.2 Å². The molecule has 2 aromatic rings. The van der Waals surface area contributed by atoms with E-state index in [2.05, 4.69) is 71.0 Å². The standard InChI is InChI=1S/C30H42O2/c1-19(2)23-17-24-21(15-20-9-11-22(12-10-20)29(5,6)32)16-27-28(3,4)13-8-14-30(27,7)25(24)18-26(23)31/h9-12,17-19,21,27,31-32H,8,13-16H2,1-7H3. The van der Waals surface area contributed by atoms with Gasteiger partial charge in [-0.25, -0.2) is 0 Å². The fourth-order valence-electron chi connectivity index (χ4n) is 6.88. The quantitative estimate of drug-likeness (QED) is 0.521. The van der Waals surface area contributed by atoms with Crippen molar-refractivity contribution in [2.75, 3.05) is 0 Å². The molecule has 4 rings (SSSR count). The number of aromatic hydroxyl groups is 1. The number of phenols is 1. The monoisotopic (exact) mass is 434 g/mol. The van der Waals surface area contributed by atoms with Gasteiger partial charge >= 0.3 is 0 Å². The molecule has 0 amide bonds. The number of aliphatic hydroxyl groups is 1. The van der Waals surface area contributed by atoms with Gasteiger partial charge < -0.3 is 10.2 Å². The lowest BCUT2D eigenvalue weighted by Crippen LogP contribution is -2.49. The lowest BCUT2D eigenvalue weighted by atomic mass is 9.48. The van der Waals surface area contributed by atoms with Crippen molar-refractivity contribution < 1.29 is 10.2 Å². The van der Waals surface area contributed by atoms with E-state index in [1.165, 1.54) is 42.4 Å². The Kier molecular flexibility index (Phi) is 5.77. The Morgan fingerprint density at radius 2 is 1.69 bits per heavy atom. The van der Waals surface area contributed by atoms with Crippen molar-refractivity contribution in [2.24, 2.45) is 11.3 Å². The van der Waals surface area contributed by atoms with Crippen molar-refractivity contribution in [3.05, 3.63) is 64.2 Å². The first-order valence-electron chi connectivity index (χ1n) is 12.5. The Hall–Kier alpha value is -1.80. The third-order valence-electron chi connectivity index (χ3n) is 8.77. The van der Waals surface area contributed by atoms with Gasteiger partial charge in [0, 0.05) is 0 Å². The maximum atomic E-state index is 10.9. The molecule has 174 valence electrons. The van der Waals surface area contributed by atoms with E-state index in [1.807, 2.05) is 13.8 Å². The van der Waals surface area contributed by atoms with E-state index >= 15 is 0 Å². The molecule has 1 saturated carbocycles. The van der Waals surface area contributed by atoms with Crippen LogP contribution in [0.25, 0.3) is 0 Å². The highest BCUT2D eigenvalue weighted by atomic mass is 16.3. The number of benzene rings is 2. The highest BCUT2D eigenvalue weighted by molar-refractivity contribution is 5.51. The van der Waals surface area contributed by atoms with E-state index in [4.69, 9.17) is 0 Å². The SMILES string of the molecule is CC(C)c1cc2c(cc1O)C1(C)CCCC(C)(C)C1CC2Cc1ccc(C(C)(C)O)cc1. The largest absolute Gasteiger partial charge is 0.508 e. The Labute approximate surface area is 195 Å². The third-order valence-corrected chi connectivity index (χ3v) is 8.77. The van der Waals surface area contributed by atoms with Gasteiger partial charge in [0.1, 0.15) is 5.75 Å². The molecule has 2 aliphatic rings. The Morgan fingerprint density at radius 1 is 1.03 bits per heavy atom. The molecule has 32 heavy (non-hydrogen) atoms. The van der Waals surface area contributed by atoms with Crippen LogP contribution in [-0.2, 0) is 17.4 Å². The molecule has 0 radical (unpaired) electrons. The van der Waals surface area contributed by atoms with Gasteiger partial charge in [0.2, 0.25) is 0 Å². The van der Waals surface area contributed by atoms with E-state index in [9.17, 15) is 10.2 Å². The van der Waals surface area contributed by atoms with Gasteiger partial charge in [0.15, 0.2) is 0 Å². The molecule has 3 atom stereocenters. The summed E-state index contributed by atoms with van der Waals surface area (Å²) in [5.74, 6) is 1.84. The van der Waals surface area contributed by atoms with E-state index in [0.29, 0.717) is 28.9 Å². The summed E-state index contributed by atoms with van der Waals surface area (Å²) in [4.78, 5) is 0. The lowest BCUT2D eigenvalue weighted by molar-refractivity contribution is 0.0324. The average molecular weight is 435 g/mol. The number of rotatable bonds is 4. The van der Waals surface area contributed by atoms with Crippen LogP contribution in [0.2, 0.25) is 0 Å². The first-order chi connectivity index (χ1) is 14.8. The Bertz CT molecular complexity index is 977. The molecule has 0 bridgehead atoms. The zero-order valence-electron chi connectivity index (χ0n) is 21.1. The zero-order chi connectivity index (χ0) is 23.5. The smallest absolute Gasteiger partial charge is 0.119 e. The van der Waals surface area contributed by atoms with Crippen molar-refractivity contribution in [3.8, 4) is 5.75 Å². The summed E-state index contributed by atoms with van der Waals surface area (Å²) in [5.41, 5.74) is 5.82. The third kappa shape index (κ3) is 4.00. The number of phenolic OH excluding ortho intramolecular Hbond substituents is 1. The average Bonchev–Trinajstić information content (AvgIpc) is 2.68. The van der Waals surface area contributed by atoms with Gasteiger partial charge in [0.25, 0.3) is 0 Å². The van der Waals surface area contributed by atoms with Crippen molar-refractivity contribution in [1.29, 1.82) is 0 Å². The minimum atomic E-state index is -0.812. The minimum absolute atomic E-state index is 0.130. The van der Waals surface area contributed by atoms with Crippen LogP contribution in [0.15, 0.2) is 36.4 Å². The molecular formula is C30H42O2. The summed E-state index contributed by atoms with van der Waals surface area (Å²) in [6.07, 6.45) is 5.96. The second-order valence-corrected chi connectivity index (χ2v) is 12.4. The van der Waals surface area contributed by atoms with Crippen LogP contribution in [0, 0.1) is 11.3 Å². The summed E-state index contributed by atoms with van der Waals surface area (Å²) >= 11 is 0. The van der Waals surface area contributed by atoms with E-state index in [1.54, 1.807) is 0 Å². The molecule has 2 nitrogen and oxygen atoms in total. The van der Waals surface area contributed by atoms with Crippen molar-refractivity contribution in [2.45, 2.75) is 103 Å². The summed E-state index contributed by atoms with van der Waals surface area (Å²) < 4.78 is 0. The maximum absolute atomic E-state index is 10.9. The molecule has 2 aromatic carbocycles. The van der Waals surface area contributed by atoms with E-state index < -0.39 is 5.60 Å². The number of hydrogen-bond acceptors (Lipinski definition) is 2. The molecule has 0 spiro atoms. The van der Waals surface area contributed by atoms with E-state index in [-0.39, 0.29) is 5.41 Å². The van der Waals surface area contributed by atoms with Crippen LogP contribution in [0.3, 0.4) is 0 Å². The lowest BCUT2D eigenvalue weighted by Gasteiger charge is -2.56. The molecule has 2 N–H and O–H groups in total. The highest BCUT2D eigenvalue weighted by Gasteiger charge is 2.52. The second kappa shape index (κ2) is 7.90. The normalized spacial score (nSPS) is 27.2. The Morgan fingerprint density at radius 3 is 2.28 bits per heavy atom. The first-order valence-corrected chi connectivity index (χ1v) is 12.5. The fourth-order valence-corrected chi connectivity index (χ4v) is 6.88. The number of fused-ring (bicyclic) bond motifs is 3. The summed E-state index contributed by atoms with van der Waals surface area (Å²) in [6, 6.07) is 13.0. The molecule has 2 heteroatoms. The fraction of sp³-hybridized carbons (Fsp3) is 0.600. The van der Waals surface area contributed by atoms with Crippen LogP contribution >= 0.6 is 0 Å². The highest BCUT2D eigenvalue weighted by Crippen LogP contribution is 2.60.